The lowest BCUT2D eigenvalue weighted by Crippen LogP contribution is -2.63. The first-order valence-corrected chi connectivity index (χ1v) is 18.7. The number of aliphatic hydroxyl groups is 1. The minimum absolute atomic E-state index is 0.0161. The monoisotopic (exact) mass is 792 g/mol. The summed E-state index contributed by atoms with van der Waals surface area (Å²) in [6.45, 7) is 11.3. The quantitative estimate of drug-likeness (QED) is 0.106. The number of carboxylic acids is 1. The molecule has 3 aromatic rings. The molecule has 3 amide bonds. The van der Waals surface area contributed by atoms with Crippen LogP contribution in [0.5, 0.6) is 11.5 Å². The van der Waals surface area contributed by atoms with Gasteiger partial charge in [-0.25, -0.2) is 9.59 Å². The van der Waals surface area contributed by atoms with Crippen LogP contribution >= 0.6 is 0 Å². The van der Waals surface area contributed by atoms with Crippen molar-refractivity contribution in [2.24, 2.45) is 11.7 Å². The number of nitrogens with two attached hydrogens (primary N) is 1. The first-order valence-electron chi connectivity index (χ1n) is 18.7. The van der Waals surface area contributed by atoms with E-state index in [2.05, 4.69) is 10.6 Å². The Balaban J connectivity index is 2.04. The van der Waals surface area contributed by atoms with Crippen molar-refractivity contribution in [1.29, 1.82) is 0 Å². The van der Waals surface area contributed by atoms with Crippen LogP contribution in [0.15, 0.2) is 78.9 Å². The third-order valence-electron chi connectivity index (χ3n) is 9.06. The molecule has 5 atom stereocenters. The lowest BCUT2D eigenvalue weighted by atomic mass is 9.91. The summed E-state index contributed by atoms with van der Waals surface area (Å²) in [5.41, 5.74) is 5.27. The lowest BCUT2D eigenvalue weighted by Gasteiger charge is -2.38. The molecule has 6 N–H and O–H groups in total. The van der Waals surface area contributed by atoms with Crippen LogP contribution in [0.4, 0.5) is 4.79 Å². The minimum atomic E-state index is -1.81. The number of aliphatic carboxylic acids is 1. The Kier molecular flexibility index (Phi) is 16.4. The van der Waals surface area contributed by atoms with Gasteiger partial charge in [0.1, 0.15) is 43.1 Å². The summed E-state index contributed by atoms with van der Waals surface area (Å²) in [5, 5.41) is 27.0. The molecule has 3 rings (SSSR count). The molecule has 0 saturated heterocycles. The zero-order valence-corrected chi connectivity index (χ0v) is 33.8. The maximum Gasteiger partial charge on any atom is 0.410 e. The molecule has 0 radical (unpaired) electrons. The number of carbonyl (C=O) groups excluding carboxylic acids is 4. The molecule has 0 unspecified atom stereocenters. The first kappa shape index (κ1) is 45.7. The summed E-state index contributed by atoms with van der Waals surface area (Å²) < 4.78 is 23.4. The molecular weight excluding hydrogens is 736 g/mol. The molecule has 0 aliphatic rings. The number of aliphatic hydroxyl groups excluding tert-OH is 1. The second kappa shape index (κ2) is 20.5. The molecule has 0 saturated carbocycles. The van der Waals surface area contributed by atoms with Gasteiger partial charge in [-0.15, -0.1) is 0 Å². The van der Waals surface area contributed by atoms with E-state index in [0.29, 0.717) is 5.56 Å². The van der Waals surface area contributed by atoms with Gasteiger partial charge >= 0.3 is 18.0 Å². The van der Waals surface area contributed by atoms with Crippen LogP contribution in [-0.2, 0) is 41.9 Å². The number of likely N-dealkylation sites (N-methyl/N-ethyl adjacent to an activating group) is 1. The summed E-state index contributed by atoms with van der Waals surface area (Å²) in [6, 6.07) is 18.0. The van der Waals surface area contributed by atoms with Crippen molar-refractivity contribution < 1.29 is 53.1 Å². The maximum absolute atomic E-state index is 13.9. The highest BCUT2D eigenvalue weighted by molar-refractivity contribution is 5.92. The molecule has 0 aliphatic carbocycles. The van der Waals surface area contributed by atoms with Crippen molar-refractivity contribution in [3.8, 4) is 11.5 Å². The molecule has 0 aliphatic heterocycles. The average Bonchev–Trinajstić information content (AvgIpc) is 3.16. The fourth-order valence-corrected chi connectivity index (χ4v) is 5.53. The summed E-state index contributed by atoms with van der Waals surface area (Å²) in [5.74, 6) is -3.83. The zero-order chi connectivity index (χ0) is 42.5. The first-order chi connectivity index (χ1) is 26.8. The number of benzene rings is 3. The molecule has 57 heavy (non-hydrogen) atoms. The largest absolute Gasteiger partial charge is 0.485 e. The molecule has 310 valence electrons. The average molecular weight is 793 g/mol. The van der Waals surface area contributed by atoms with E-state index in [4.69, 9.17) is 24.7 Å². The van der Waals surface area contributed by atoms with Crippen LogP contribution in [0.1, 0.15) is 77.7 Å². The molecule has 3 aromatic carbocycles. The number of hydrogen-bond acceptors (Lipinski definition) is 11. The molecule has 15 heteroatoms. The van der Waals surface area contributed by atoms with Crippen molar-refractivity contribution in [1.82, 2.24) is 15.5 Å². The van der Waals surface area contributed by atoms with Crippen LogP contribution in [0.3, 0.4) is 0 Å². The number of nitrogens with zero attached hydrogens (tertiary/aromatic N) is 1. The Morgan fingerprint density at radius 2 is 1.42 bits per heavy atom. The van der Waals surface area contributed by atoms with E-state index in [9.17, 15) is 34.2 Å². The SMILES string of the molecule is CC[C@](C)(Oc1cc([C@@H](O)[C@@H](C(=O)O)N(C)C(=O)OCc2ccccc2)ccc1OCc1ccccc1)[C@H](NC(=O)[C@@H](N)C(C)C)C(=O)NCC(=O)OC(C)(C)C. The summed E-state index contributed by atoms with van der Waals surface area (Å²) >= 11 is 0. The summed E-state index contributed by atoms with van der Waals surface area (Å²) in [6.07, 6.45) is -2.71. The third kappa shape index (κ3) is 13.5. The Labute approximate surface area is 333 Å². The summed E-state index contributed by atoms with van der Waals surface area (Å²) in [4.78, 5) is 66.2. The Bertz CT molecular complexity index is 1820. The Morgan fingerprint density at radius 1 is 0.842 bits per heavy atom. The third-order valence-corrected chi connectivity index (χ3v) is 9.06. The van der Waals surface area contributed by atoms with Crippen molar-refractivity contribution in [2.45, 2.75) is 104 Å². The normalized spacial score (nSPS) is 14.5. The highest BCUT2D eigenvalue weighted by Gasteiger charge is 2.43. The Morgan fingerprint density at radius 3 is 1.95 bits per heavy atom. The van der Waals surface area contributed by atoms with Gasteiger partial charge in [0.15, 0.2) is 17.5 Å². The highest BCUT2D eigenvalue weighted by atomic mass is 16.6. The van der Waals surface area contributed by atoms with E-state index in [1.807, 2.05) is 30.3 Å². The van der Waals surface area contributed by atoms with E-state index in [1.165, 1.54) is 25.2 Å². The van der Waals surface area contributed by atoms with Gasteiger partial charge in [0.25, 0.3) is 0 Å². The number of nitrogens with one attached hydrogen (secondary N) is 2. The molecule has 0 heterocycles. The van der Waals surface area contributed by atoms with Gasteiger partial charge in [0.05, 0.1) is 6.04 Å². The van der Waals surface area contributed by atoms with Crippen LogP contribution in [-0.4, -0.2) is 87.9 Å². The maximum atomic E-state index is 13.9. The number of amides is 3. The standard InChI is InChI=1S/C42H56N4O11/c1-9-42(7,36(45-37(49)33(43)26(2)3)38(50)44-23-32(47)57-41(4,5)6)56-31-22-29(20-21-30(31)54-24-27-16-12-10-13-17-27)35(48)34(39(51)52)46(8)40(53)55-25-28-18-14-11-15-19-28/h10-22,26,33-36,48H,9,23-25,43H2,1-8H3,(H,44,50)(H,45,49)(H,51,52)/t33-,34-,35+,36+,42-/m0/s1. The predicted molar refractivity (Wildman–Crippen MR) is 211 cm³/mol. The van der Waals surface area contributed by atoms with Crippen molar-refractivity contribution in [3.05, 3.63) is 95.6 Å². The second-order valence-electron chi connectivity index (χ2n) is 15.1. The second-order valence-corrected chi connectivity index (χ2v) is 15.1. The van der Waals surface area contributed by atoms with Gasteiger partial charge in [-0.05, 0) is 68.9 Å². The van der Waals surface area contributed by atoms with Gasteiger partial charge in [-0.1, -0.05) is 87.5 Å². The number of esters is 1. The number of rotatable bonds is 19. The predicted octanol–water partition coefficient (Wildman–Crippen LogP) is 4.49. The number of hydrogen-bond donors (Lipinski definition) is 5. The summed E-state index contributed by atoms with van der Waals surface area (Å²) in [7, 11) is 1.20. The van der Waals surface area contributed by atoms with Gasteiger partial charge < -0.3 is 45.5 Å². The fourth-order valence-electron chi connectivity index (χ4n) is 5.53. The highest BCUT2D eigenvalue weighted by Crippen LogP contribution is 2.37. The van der Waals surface area contributed by atoms with Crippen molar-refractivity contribution >= 4 is 29.8 Å². The topological polar surface area (TPSA) is 216 Å². The van der Waals surface area contributed by atoms with E-state index in [-0.39, 0.29) is 42.6 Å². The van der Waals surface area contributed by atoms with E-state index < -0.39 is 71.8 Å². The van der Waals surface area contributed by atoms with Crippen molar-refractivity contribution in [3.63, 3.8) is 0 Å². The van der Waals surface area contributed by atoms with Crippen LogP contribution in [0, 0.1) is 5.92 Å². The fraction of sp³-hybridized carbons (Fsp3) is 0.452. The zero-order valence-electron chi connectivity index (χ0n) is 33.8. The molecular formula is C42H56N4O11. The van der Waals surface area contributed by atoms with Gasteiger partial charge in [-0.2, -0.15) is 0 Å². The van der Waals surface area contributed by atoms with E-state index in [1.54, 1.807) is 78.8 Å². The number of carboxylic acid groups (broad SMARTS) is 1. The van der Waals surface area contributed by atoms with E-state index in [0.717, 1.165) is 10.5 Å². The molecule has 0 bridgehead atoms. The van der Waals surface area contributed by atoms with Gasteiger partial charge in [-0.3, -0.25) is 19.3 Å². The smallest absolute Gasteiger partial charge is 0.410 e. The number of carbonyl (C=O) groups is 5. The Hall–Kier alpha value is -5.67. The molecule has 0 fully saturated rings. The number of ether oxygens (including phenoxy) is 4. The van der Waals surface area contributed by atoms with Crippen LogP contribution in [0.25, 0.3) is 0 Å². The van der Waals surface area contributed by atoms with E-state index >= 15 is 0 Å². The van der Waals surface area contributed by atoms with Crippen LogP contribution in [0.2, 0.25) is 0 Å². The van der Waals surface area contributed by atoms with Gasteiger partial charge in [0.2, 0.25) is 11.8 Å². The van der Waals surface area contributed by atoms with Crippen LogP contribution < -0.4 is 25.8 Å². The molecule has 0 aromatic heterocycles. The molecule has 0 spiro atoms. The minimum Gasteiger partial charge on any atom is -0.485 e. The molecule has 15 nitrogen and oxygen atoms in total. The van der Waals surface area contributed by atoms with Gasteiger partial charge in [0, 0.05) is 7.05 Å². The van der Waals surface area contributed by atoms with Crippen molar-refractivity contribution in [2.75, 3.05) is 13.6 Å². The lowest BCUT2D eigenvalue weighted by molar-refractivity contribution is -0.155.